The predicted octanol–water partition coefficient (Wildman–Crippen LogP) is 9.48. The number of benzene rings is 6. The van der Waals surface area contributed by atoms with Gasteiger partial charge in [-0.05, 0) is 69.4 Å². The Balaban J connectivity index is 1.45. The van der Waals surface area contributed by atoms with Crippen LogP contribution in [-0.2, 0) is 0 Å². The Labute approximate surface area is 206 Å². The molecule has 2 heteroatoms. The van der Waals surface area contributed by atoms with Crippen molar-refractivity contribution >= 4 is 54.5 Å². The van der Waals surface area contributed by atoms with E-state index in [0.29, 0.717) is 0 Å². The molecule has 0 spiro atoms. The molecule has 0 N–H and O–H groups in total. The summed E-state index contributed by atoms with van der Waals surface area (Å²) in [5.74, 6) is 0. The average Bonchev–Trinajstić information content (AvgIpc) is 3.58. The molecule has 0 bridgehead atoms. The van der Waals surface area contributed by atoms with Crippen molar-refractivity contribution in [2.45, 2.75) is 0 Å². The molecular weight excluding hydrogens is 438 g/mol. The number of rotatable bonds is 1. The first-order valence-electron chi connectivity index (χ1n) is 12.4. The molecule has 0 aliphatic heterocycles. The zero-order chi connectivity index (χ0) is 23.4. The van der Waals surface area contributed by atoms with Crippen LogP contribution in [0.5, 0.6) is 0 Å². The minimum absolute atomic E-state index is 0.922. The van der Waals surface area contributed by atoms with Crippen molar-refractivity contribution in [1.29, 1.82) is 0 Å². The molecule has 1 aliphatic carbocycles. The van der Waals surface area contributed by atoms with Gasteiger partial charge in [0.15, 0.2) is 0 Å². The van der Waals surface area contributed by atoms with Crippen molar-refractivity contribution in [3.05, 3.63) is 115 Å². The van der Waals surface area contributed by atoms with E-state index in [1.54, 1.807) is 0 Å². The van der Waals surface area contributed by atoms with Crippen molar-refractivity contribution in [3.63, 3.8) is 0 Å². The molecule has 1 aliphatic rings. The molecule has 6 aromatic carbocycles. The lowest BCUT2D eigenvalue weighted by atomic mass is 10.0. The second kappa shape index (κ2) is 6.44. The number of nitrogens with zero attached hydrogens (tertiary/aromatic N) is 1. The third kappa shape index (κ3) is 2.18. The fraction of sp³-hybridized carbons (Fsp3) is 0. The lowest BCUT2D eigenvalue weighted by Gasteiger charge is -2.11. The molecule has 0 atom stereocenters. The Morgan fingerprint density at radius 2 is 1.25 bits per heavy atom. The summed E-state index contributed by atoms with van der Waals surface area (Å²) in [6.45, 7) is 0. The first-order chi connectivity index (χ1) is 17.9. The zero-order valence-corrected chi connectivity index (χ0v) is 19.3. The van der Waals surface area contributed by atoms with Crippen molar-refractivity contribution in [2.75, 3.05) is 0 Å². The highest BCUT2D eigenvalue weighted by Gasteiger charge is 2.23. The smallest absolute Gasteiger partial charge is 0.137 e. The topological polar surface area (TPSA) is 18.1 Å². The Morgan fingerprint density at radius 3 is 2.14 bits per heavy atom. The van der Waals surface area contributed by atoms with Gasteiger partial charge in [0.2, 0.25) is 0 Å². The number of para-hydroxylation sites is 2. The van der Waals surface area contributed by atoms with Crippen LogP contribution in [0, 0.1) is 0 Å². The first-order valence-corrected chi connectivity index (χ1v) is 12.4. The van der Waals surface area contributed by atoms with Gasteiger partial charge in [-0.2, -0.15) is 0 Å². The van der Waals surface area contributed by atoms with Crippen LogP contribution in [0.1, 0.15) is 0 Å². The number of hydrogen-bond donors (Lipinski definition) is 0. The van der Waals surface area contributed by atoms with E-state index in [0.717, 1.165) is 16.6 Å². The van der Waals surface area contributed by atoms with Crippen LogP contribution in [0.4, 0.5) is 0 Å². The number of fused-ring (bicyclic) bond motifs is 10. The summed E-state index contributed by atoms with van der Waals surface area (Å²) in [5.41, 5.74) is 10.7. The van der Waals surface area contributed by atoms with Gasteiger partial charge in [-0.1, -0.05) is 78.9 Å². The van der Waals surface area contributed by atoms with Crippen LogP contribution >= 0.6 is 0 Å². The second-order valence-electron chi connectivity index (χ2n) is 9.72. The lowest BCUT2D eigenvalue weighted by molar-refractivity contribution is 0.669. The third-order valence-electron chi connectivity index (χ3n) is 7.92. The molecular formula is C34H19NO. The highest BCUT2D eigenvalue weighted by molar-refractivity contribution is 6.24. The van der Waals surface area contributed by atoms with Crippen LogP contribution in [0.2, 0.25) is 0 Å². The Bertz CT molecular complexity index is 2200. The minimum Gasteiger partial charge on any atom is -0.456 e. The Morgan fingerprint density at radius 1 is 0.472 bits per heavy atom. The summed E-state index contributed by atoms with van der Waals surface area (Å²) < 4.78 is 8.72. The van der Waals surface area contributed by atoms with Crippen LogP contribution in [0.3, 0.4) is 0 Å². The van der Waals surface area contributed by atoms with E-state index >= 15 is 0 Å². The normalized spacial score (nSPS) is 12.4. The van der Waals surface area contributed by atoms with Gasteiger partial charge in [-0.15, -0.1) is 0 Å². The third-order valence-corrected chi connectivity index (χ3v) is 7.92. The summed E-state index contributed by atoms with van der Waals surface area (Å²) in [5, 5.41) is 7.48. The predicted molar refractivity (Wildman–Crippen MR) is 150 cm³/mol. The van der Waals surface area contributed by atoms with Gasteiger partial charge in [0.1, 0.15) is 11.2 Å². The van der Waals surface area contributed by atoms with Gasteiger partial charge in [0.05, 0.1) is 16.4 Å². The summed E-state index contributed by atoms with van der Waals surface area (Å²) in [6, 6.07) is 41.6. The van der Waals surface area contributed by atoms with Crippen molar-refractivity contribution < 1.29 is 4.42 Å². The summed E-state index contributed by atoms with van der Waals surface area (Å²) in [7, 11) is 0. The summed E-state index contributed by atoms with van der Waals surface area (Å²) in [6.07, 6.45) is 0. The van der Waals surface area contributed by atoms with Crippen LogP contribution in [0.25, 0.3) is 82.5 Å². The fourth-order valence-electron chi connectivity index (χ4n) is 6.45. The highest BCUT2D eigenvalue weighted by atomic mass is 16.3. The van der Waals surface area contributed by atoms with Crippen LogP contribution < -0.4 is 0 Å². The molecule has 9 rings (SSSR count). The van der Waals surface area contributed by atoms with Crippen LogP contribution in [0.15, 0.2) is 120 Å². The molecule has 0 saturated heterocycles. The molecule has 0 radical (unpaired) electrons. The van der Waals surface area contributed by atoms with Crippen LogP contribution in [-0.4, -0.2) is 4.57 Å². The molecule has 8 aromatic rings. The van der Waals surface area contributed by atoms with Gasteiger partial charge < -0.3 is 8.98 Å². The SMILES string of the molecule is c1cc2c3c(cccc3c1)-c1cc(-n3c4ccccc4c4ccc5oc6ccccc6c5c43)ccc1-2. The molecule has 0 amide bonds. The largest absolute Gasteiger partial charge is 0.456 e. The Hall–Kier alpha value is -4.82. The van der Waals surface area contributed by atoms with E-state index in [2.05, 4.69) is 114 Å². The molecule has 0 saturated carbocycles. The van der Waals surface area contributed by atoms with Gasteiger partial charge in [0.25, 0.3) is 0 Å². The molecule has 2 aromatic heterocycles. The van der Waals surface area contributed by atoms with Gasteiger partial charge >= 0.3 is 0 Å². The van der Waals surface area contributed by atoms with Gasteiger partial charge in [0, 0.05) is 21.8 Å². The van der Waals surface area contributed by atoms with Gasteiger partial charge in [-0.25, -0.2) is 0 Å². The average molecular weight is 458 g/mol. The standard InChI is InChI=1S/C34H19NO/c1-3-13-29-23(9-1)26-17-18-31-33(27-10-2-4-14-30(27)36-31)34(26)35(29)21-15-16-22-24-11-5-7-20-8-6-12-25(32(20)24)28(22)19-21/h1-19H. The monoisotopic (exact) mass is 457 g/mol. The maximum atomic E-state index is 6.29. The van der Waals surface area contributed by atoms with Crippen molar-refractivity contribution in [2.24, 2.45) is 0 Å². The minimum atomic E-state index is 0.922. The van der Waals surface area contributed by atoms with E-state index in [4.69, 9.17) is 4.42 Å². The number of hydrogen-bond acceptors (Lipinski definition) is 1. The molecule has 2 nitrogen and oxygen atoms in total. The quantitative estimate of drug-likeness (QED) is 0.240. The molecule has 2 heterocycles. The van der Waals surface area contributed by atoms with E-state index in [9.17, 15) is 0 Å². The first kappa shape index (κ1) is 18.5. The van der Waals surface area contributed by atoms with E-state index in [-0.39, 0.29) is 0 Å². The number of aromatic nitrogens is 1. The Kier molecular flexibility index (Phi) is 3.31. The molecule has 0 unspecified atom stereocenters. The molecule has 166 valence electrons. The highest BCUT2D eigenvalue weighted by Crippen LogP contribution is 2.48. The molecule has 0 fully saturated rings. The van der Waals surface area contributed by atoms with Gasteiger partial charge in [-0.3, -0.25) is 0 Å². The zero-order valence-electron chi connectivity index (χ0n) is 19.3. The maximum absolute atomic E-state index is 6.29. The van der Waals surface area contributed by atoms with E-state index in [1.165, 1.54) is 65.9 Å². The van der Waals surface area contributed by atoms with E-state index in [1.807, 2.05) is 6.07 Å². The second-order valence-corrected chi connectivity index (χ2v) is 9.72. The maximum Gasteiger partial charge on any atom is 0.137 e. The summed E-state index contributed by atoms with van der Waals surface area (Å²) >= 11 is 0. The van der Waals surface area contributed by atoms with E-state index < -0.39 is 0 Å². The summed E-state index contributed by atoms with van der Waals surface area (Å²) in [4.78, 5) is 0. The van der Waals surface area contributed by atoms with Crippen molar-refractivity contribution in [1.82, 2.24) is 4.57 Å². The molecule has 36 heavy (non-hydrogen) atoms. The number of furan rings is 1. The van der Waals surface area contributed by atoms with Crippen molar-refractivity contribution in [3.8, 4) is 27.9 Å². The fourth-order valence-corrected chi connectivity index (χ4v) is 6.45. The lowest BCUT2D eigenvalue weighted by Crippen LogP contribution is -1.95.